The maximum atomic E-state index is 11.9. The molecule has 118 valence electrons. The summed E-state index contributed by atoms with van der Waals surface area (Å²) in [7, 11) is 0. The molecule has 3 aromatic rings. The Kier molecular flexibility index (Phi) is 4.18. The Balaban J connectivity index is 1.96. The van der Waals surface area contributed by atoms with Gasteiger partial charge in [0.1, 0.15) is 11.2 Å². The lowest BCUT2D eigenvalue weighted by molar-refractivity contribution is 0.0512. The van der Waals surface area contributed by atoms with Crippen molar-refractivity contribution in [3.8, 4) is 0 Å². The van der Waals surface area contributed by atoms with E-state index >= 15 is 0 Å². The van der Waals surface area contributed by atoms with Crippen LogP contribution in [0.4, 0.5) is 5.82 Å². The fourth-order valence-corrected chi connectivity index (χ4v) is 2.19. The number of hydrogen-bond donors (Lipinski definition) is 1. The van der Waals surface area contributed by atoms with Gasteiger partial charge in [-0.1, -0.05) is 35.5 Å². The smallest absolute Gasteiger partial charge is 0.376 e. The molecule has 2 heterocycles. The van der Waals surface area contributed by atoms with E-state index in [0.717, 1.165) is 5.56 Å². The van der Waals surface area contributed by atoms with Crippen LogP contribution in [-0.4, -0.2) is 27.7 Å². The predicted molar refractivity (Wildman–Crippen MR) is 84.1 cm³/mol. The summed E-state index contributed by atoms with van der Waals surface area (Å²) < 4.78 is 10.1. The summed E-state index contributed by atoms with van der Waals surface area (Å²) >= 11 is 0. The van der Waals surface area contributed by atoms with Gasteiger partial charge in [0.15, 0.2) is 0 Å². The fraction of sp³-hybridized carbons (Fsp3) is 0.250. The third kappa shape index (κ3) is 3.13. The Morgan fingerprint density at radius 3 is 2.78 bits per heavy atom. The molecule has 0 unspecified atom stereocenters. The van der Waals surface area contributed by atoms with E-state index in [4.69, 9.17) is 9.26 Å². The van der Waals surface area contributed by atoms with Crippen LogP contribution in [-0.2, 0) is 11.3 Å². The molecule has 0 spiro atoms. The first kappa shape index (κ1) is 15.0. The number of rotatable bonds is 5. The van der Waals surface area contributed by atoms with Crippen molar-refractivity contribution in [1.29, 1.82) is 0 Å². The first-order valence-electron chi connectivity index (χ1n) is 7.28. The molecule has 0 aliphatic rings. The van der Waals surface area contributed by atoms with Crippen LogP contribution in [0.3, 0.4) is 0 Å². The third-order valence-corrected chi connectivity index (χ3v) is 3.27. The van der Waals surface area contributed by atoms with Crippen LogP contribution in [0.25, 0.3) is 11.1 Å². The van der Waals surface area contributed by atoms with Gasteiger partial charge in [-0.25, -0.2) is 9.78 Å². The van der Waals surface area contributed by atoms with Crippen molar-refractivity contribution in [2.45, 2.75) is 20.4 Å². The lowest BCUT2D eigenvalue weighted by Gasteiger charge is -2.08. The Bertz CT molecular complexity index is 830. The molecule has 0 saturated heterocycles. The summed E-state index contributed by atoms with van der Waals surface area (Å²) in [6.45, 7) is 4.33. The molecular formula is C16H16N4O3. The molecule has 1 N–H and O–H groups in total. The maximum Gasteiger partial charge on any atom is 0.376 e. The number of carbonyl (C=O) groups excluding carboxylic acids is 1. The zero-order valence-electron chi connectivity index (χ0n) is 12.9. The second kappa shape index (κ2) is 6.43. The van der Waals surface area contributed by atoms with Gasteiger partial charge >= 0.3 is 5.97 Å². The second-order valence-corrected chi connectivity index (χ2v) is 4.90. The largest absolute Gasteiger partial charge is 0.460 e. The number of benzene rings is 1. The van der Waals surface area contributed by atoms with Crippen LogP contribution in [0.5, 0.6) is 0 Å². The van der Waals surface area contributed by atoms with Gasteiger partial charge in [-0.2, -0.15) is 4.98 Å². The molecule has 3 rings (SSSR count). The van der Waals surface area contributed by atoms with Crippen molar-refractivity contribution in [3.05, 3.63) is 47.4 Å². The summed E-state index contributed by atoms with van der Waals surface area (Å²) in [6.07, 6.45) is 0. The van der Waals surface area contributed by atoms with Gasteiger partial charge in [0.05, 0.1) is 12.3 Å². The van der Waals surface area contributed by atoms with Gasteiger partial charge in [0.2, 0.25) is 5.82 Å². The number of ether oxygens (including phenoxy) is 1. The van der Waals surface area contributed by atoms with Crippen LogP contribution in [0.15, 0.2) is 34.9 Å². The highest BCUT2D eigenvalue weighted by atomic mass is 16.5. The average Bonchev–Trinajstić information content (AvgIpc) is 2.95. The zero-order chi connectivity index (χ0) is 16.2. The number of aryl methyl sites for hydroxylation is 1. The number of fused-ring (bicyclic) bond motifs is 1. The molecule has 0 saturated carbocycles. The van der Waals surface area contributed by atoms with Crippen LogP contribution in [0, 0.1) is 6.92 Å². The molecule has 23 heavy (non-hydrogen) atoms. The van der Waals surface area contributed by atoms with Gasteiger partial charge in [0, 0.05) is 6.54 Å². The number of aromatic nitrogens is 3. The third-order valence-electron chi connectivity index (χ3n) is 3.27. The minimum atomic E-state index is -0.591. The van der Waals surface area contributed by atoms with Gasteiger partial charge < -0.3 is 14.6 Å². The zero-order valence-corrected chi connectivity index (χ0v) is 12.9. The van der Waals surface area contributed by atoms with E-state index in [2.05, 4.69) is 20.4 Å². The maximum absolute atomic E-state index is 11.9. The second-order valence-electron chi connectivity index (χ2n) is 4.90. The van der Waals surface area contributed by atoms with Crippen molar-refractivity contribution in [2.24, 2.45) is 0 Å². The van der Waals surface area contributed by atoms with Crippen LogP contribution < -0.4 is 5.32 Å². The highest BCUT2D eigenvalue weighted by Gasteiger charge is 2.19. The van der Waals surface area contributed by atoms with Crippen LogP contribution in [0.1, 0.15) is 28.8 Å². The Morgan fingerprint density at radius 1 is 1.26 bits per heavy atom. The molecule has 1 aromatic carbocycles. The van der Waals surface area contributed by atoms with Gasteiger partial charge in [0.25, 0.3) is 5.71 Å². The summed E-state index contributed by atoms with van der Waals surface area (Å²) in [6, 6.07) is 9.87. The number of anilines is 1. The minimum Gasteiger partial charge on any atom is -0.460 e. The summed E-state index contributed by atoms with van der Waals surface area (Å²) in [5, 5.41) is 7.76. The molecule has 0 bridgehead atoms. The number of nitrogens with zero attached hydrogens (tertiary/aromatic N) is 3. The van der Waals surface area contributed by atoms with Crippen molar-refractivity contribution < 1.29 is 14.1 Å². The van der Waals surface area contributed by atoms with E-state index < -0.39 is 5.97 Å². The number of esters is 1. The van der Waals surface area contributed by atoms with Gasteiger partial charge in [-0.05, 0) is 19.4 Å². The number of nitrogens with one attached hydrogen (secondary N) is 1. The molecule has 2 aromatic heterocycles. The van der Waals surface area contributed by atoms with Crippen molar-refractivity contribution in [3.63, 3.8) is 0 Å². The highest BCUT2D eigenvalue weighted by molar-refractivity contribution is 5.93. The van der Waals surface area contributed by atoms with E-state index in [-0.39, 0.29) is 18.1 Å². The summed E-state index contributed by atoms with van der Waals surface area (Å²) in [5.74, 6) is -0.141. The van der Waals surface area contributed by atoms with Crippen LogP contribution >= 0.6 is 0 Å². The van der Waals surface area contributed by atoms with E-state index in [9.17, 15) is 4.79 Å². The number of carbonyl (C=O) groups is 1. The fourth-order valence-electron chi connectivity index (χ4n) is 2.19. The normalized spacial score (nSPS) is 10.7. The highest BCUT2D eigenvalue weighted by Crippen LogP contribution is 2.24. The SMILES string of the molecule is CCOC(=O)c1nc(NCc2ccccc2)c2c(C)noc2n1. The molecule has 0 fully saturated rings. The topological polar surface area (TPSA) is 90.1 Å². The molecule has 0 amide bonds. The molecular weight excluding hydrogens is 296 g/mol. The van der Waals surface area contributed by atoms with Gasteiger partial charge in [-0.15, -0.1) is 0 Å². The monoisotopic (exact) mass is 312 g/mol. The Hall–Kier alpha value is -2.96. The first-order valence-corrected chi connectivity index (χ1v) is 7.28. The average molecular weight is 312 g/mol. The molecule has 0 aliphatic heterocycles. The van der Waals surface area contributed by atoms with E-state index in [1.807, 2.05) is 30.3 Å². The predicted octanol–water partition coefficient (Wildman–Crippen LogP) is 2.72. The van der Waals surface area contributed by atoms with E-state index in [1.54, 1.807) is 13.8 Å². The molecule has 7 nitrogen and oxygen atoms in total. The summed E-state index contributed by atoms with van der Waals surface area (Å²) in [4.78, 5) is 20.2. The Labute approximate surface area is 132 Å². The first-order chi connectivity index (χ1) is 11.2. The molecule has 0 atom stereocenters. The standard InChI is InChI=1S/C16H16N4O3/c1-3-22-16(21)14-18-13(12-10(2)20-23-15(12)19-14)17-9-11-7-5-4-6-8-11/h4-8H,3,9H2,1-2H3,(H,17,18,19). The van der Waals surface area contributed by atoms with E-state index in [1.165, 1.54) is 0 Å². The van der Waals surface area contributed by atoms with Crippen molar-refractivity contribution in [1.82, 2.24) is 15.1 Å². The lowest BCUT2D eigenvalue weighted by Crippen LogP contribution is -2.12. The Morgan fingerprint density at radius 2 is 2.04 bits per heavy atom. The number of hydrogen-bond acceptors (Lipinski definition) is 7. The molecule has 0 aliphatic carbocycles. The van der Waals surface area contributed by atoms with Crippen molar-refractivity contribution >= 4 is 22.9 Å². The molecule has 7 heteroatoms. The minimum absolute atomic E-state index is 0.0499. The summed E-state index contributed by atoms with van der Waals surface area (Å²) in [5.41, 5.74) is 2.01. The quantitative estimate of drug-likeness (QED) is 0.724. The van der Waals surface area contributed by atoms with E-state index in [0.29, 0.717) is 23.4 Å². The lowest BCUT2D eigenvalue weighted by atomic mass is 10.2. The molecule has 0 radical (unpaired) electrons. The van der Waals surface area contributed by atoms with Crippen LogP contribution in [0.2, 0.25) is 0 Å². The van der Waals surface area contributed by atoms with Crippen molar-refractivity contribution in [2.75, 3.05) is 11.9 Å². The van der Waals surface area contributed by atoms with Gasteiger partial charge in [-0.3, -0.25) is 0 Å².